The van der Waals surface area contributed by atoms with Crippen LogP contribution in [0.1, 0.15) is 0 Å². The van der Waals surface area contributed by atoms with Gasteiger partial charge in [-0.1, -0.05) is 41.6 Å². The number of nitrogens with zero attached hydrogens (tertiary/aromatic N) is 3. The molecule has 2 rings (SSSR count). The lowest BCUT2D eigenvalue weighted by Gasteiger charge is -2.19. The standard InChI is InChI=1S/C15H12ClN3OS/c16-13-7-4-9-18-15(13)21-11-14(20)19(10-8-17)12-5-2-1-3-6-12/h1-7,9H,10-11H2. The molecule has 0 saturated heterocycles. The zero-order chi connectivity index (χ0) is 15.1. The third kappa shape index (κ3) is 4.22. The Morgan fingerprint density at radius 2 is 2.05 bits per heavy atom. The molecule has 0 saturated carbocycles. The van der Waals surface area contributed by atoms with Crippen LogP contribution in [-0.2, 0) is 4.79 Å². The second kappa shape index (κ2) is 7.67. The minimum Gasteiger partial charge on any atom is -0.298 e. The highest BCUT2D eigenvalue weighted by Crippen LogP contribution is 2.25. The van der Waals surface area contributed by atoms with Crippen molar-refractivity contribution in [2.45, 2.75) is 5.03 Å². The van der Waals surface area contributed by atoms with Crippen LogP contribution in [0.2, 0.25) is 5.02 Å². The highest BCUT2D eigenvalue weighted by atomic mass is 35.5. The van der Waals surface area contributed by atoms with Crippen molar-refractivity contribution in [1.29, 1.82) is 5.26 Å². The Kier molecular flexibility index (Phi) is 5.61. The van der Waals surface area contributed by atoms with Crippen LogP contribution in [0.15, 0.2) is 53.7 Å². The Morgan fingerprint density at radius 1 is 1.29 bits per heavy atom. The van der Waals surface area contributed by atoms with Crippen molar-refractivity contribution in [3.05, 3.63) is 53.7 Å². The summed E-state index contributed by atoms with van der Waals surface area (Å²) in [6.07, 6.45) is 1.63. The van der Waals surface area contributed by atoms with Crippen LogP contribution >= 0.6 is 23.4 Å². The molecule has 6 heteroatoms. The normalized spacial score (nSPS) is 9.90. The van der Waals surface area contributed by atoms with E-state index >= 15 is 0 Å². The molecule has 0 N–H and O–H groups in total. The molecule has 0 radical (unpaired) electrons. The molecule has 21 heavy (non-hydrogen) atoms. The SMILES string of the molecule is N#CCN(C(=O)CSc1ncccc1Cl)c1ccccc1. The van der Waals surface area contributed by atoms with Gasteiger partial charge in [0, 0.05) is 11.9 Å². The Bertz CT molecular complexity index is 657. The van der Waals surface area contributed by atoms with E-state index in [1.54, 1.807) is 30.5 Å². The fourth-order valence-electron chi connectivity index (χ4n) is 1.69. The van der Waals surface area contributed by atoms with Gasteiger partial charge in [-0.3, -0.25) is 9.69 Å². The van der Waals surface area contributed by atoms with Crippen LogP contribution in [0.5, 0.6) is 0 Å². The Hall–Kier alpha value is -2.03. The first-order chi connectivity index (χ1) is 10.2. The molecule has 0 aliphatic heterocycles. The van der Waals surface area contributed by atoms with Crippen molar-refractivity contribution in [1.82, 2.24) is 4.98 Å². The lowest BCUT2D eigenvalue weighted by Crippen LogP contribution is -2.32. The van der Waals surface area contributed by atoms with Crippen molar-refractivity contribution in [3.8, 4) is 6.07 Å². The van der Waals surface area contributed by atoms with E-state index in [1.807, 2.05) is 24.3 Å². The highest BCUT2D eigenvalue weighted by molar-refractivity contribution is 8.00. The van der Waals surface area contributed by atoms with Crippen molar-refractivity contribution in [3.63, 3.8) is 0 Å². The molecule has 1 aromatic carbocycles. The second-order valence-corrected chi connectivity index (χ2v) is 5.42. The Labute approximate surface area is 132 Å². The molecule has 0 spiro atoms. The van der Waals surface area contributed by atoms with E-state index in [9.17, 15) is 4.79 Å². The lowest BCUT2D eigenvalue weighted by molar-refractivity contribution is -0.116. The highest BCUT2D eigenvalue weighted by Gasteiger charge is 2.16. The number of rotatable bonds is 5. The fraction of sp³-hybridized carbons (Fsp3) is 0.133. The number of hydrogen-bond acceptors (Lipinski definition) is 4. The Morgan fingerprint density at radius 3 is 2.71 bits per heavy atom. The molecule has 1 amide bonds. The molecular formula is C15H12ClN3OS. The van der Waals surface area contributed by atoms with Crippen LogP contribution in [0.25, 0.3) is 0 Å². The van der Waals surface area contributed by atoms with Gasteiger partial charge < -0.3 is 0 Å². The number of amides is 1. The molecule has 0 aliphatic carbocycles. The number of carbonyl (C=O) groups excluding carboxylic acids is 1. The maximum Gasteiger partial charge on any atom is 0.238 e. The number of para-hydroxylation sites is 1. The maximum atomic E-state index is 12.3. The molecule has 4 nitrogen and oxygen atoms in total. The van der Waals surface area contributed by atoms with Gasteiger partial charge in [0.15, 0.2) is 0 Å². The first-order valence-electron chi connectivity index (χ1n) is 6.18. The number of halogens is 1. The average Bonchev–Trinajstić information content (AvgIpc) is 2.52. The minimum atomic E-state index is -0.158. The number of anilines is 1. The summed E-state index contributed by atoms with van der Waals surface area (Å²) in [5.74, 6) is 0.0160. The molecule has 0 fully saturated rings. The van der Waals surface area contributed by atoms with Crippen LogP contribution in [0.4, 0.5) is 5.69 Å². The summed E-state index contributed by atoms with van der Waals surface area (Å²) in [6.45, 7) is 0.0133. The summed E-state index contributed by atoms with van der Waals surface area (Å²) < 4.78 is 0. The van der Waals surface area contributed by atoms with E-state index in [4.69, 9.17) is 16.9 Å². The van der Waals surface area contributed by atoms with Crippen molar-refractivity contribution in [2.24, 2.45) is 0 Å². The molecular weight excluding hydrogens is 306 g/mol. The van der Waals surface area contributed by atoms with Gasteiger partial charge >= 0.3 is 0 Å². The maximum absolute atomic E-state index is 12.3. The topological polar surface area (TPSA) is 57.0 Å². The summed E-state index contributed by atoms with van der Waals surface area (Å²) in [5.41, 5.74) is 0.705. The smallest absolute Gasteiger partial charge is 0.238 e. The first kappa shape index (κ1) is 15.4. The molecule has 0 atom stereocenters. The van der Waals surface area contributed by atoms with Gasteiger partial charge in [-0.15, -0.1) is 0 Å². The first-order valence-corrected chi connectivity index (χ1v) is 7.54. The van der Waals surface area contributed by atoms with Gasteiger partial charge in [-0.25, -0.2) is 4.98 Å². The fourth-order valence-corrected chi connectivity index (χ4v) is 2.73. The lowest BCUT2D eigenvalue weighted by atomic mass is 10.3. The van der Waals surface area contributed by atoms with Gasteiger partial charge in [-0.2, -0.15) is 5.26 Å². The van der Waals surface area contributed by atoms with Gasteiger partial charge in [0.25, 0.3) is 0 Å². The average molecular weight is 318 g/mol. The van der Waals surface area contributed by atoms with E-state index in [0.717, 1.165) is 0 Å². The van der Waals surface area contributed by atoms with Crippen molar-refractivity contribution >= 4 is 35.0 Å². The second-order valence-electron chi connectivity index (χ2n) is 4.05. The summed E-state index contributed by atoms with van der Waals surface area (Å²) in [6, 6.07) is 14.6. The molecule has 0 bridgehead atoms. The van der Waals surface area contributed by atoms with E-state index in [2.05, 4.69) is 4.98 Å². The monoisotopic (exact) mass is 317 g/mol. The zero-order valence-corrected chi connectivity index (χ0v) is 12.6. The molecule has 0 unspecified atom stereocenters. The van der Waals surface area contributed by atoms with Gasteiger partial charge in [0.1, 0.15) is 11.6 Å². The van der Waals surface area contributed by atoms with Gasteiger partial charge in [0.05, 0.1) is 16.8 Å². The molecule has 1 heterocycles. The van der Waals surface area contributed by atoms with Crippen LogP contribution < -0.4 is 4.90 Å². The number of pyridine rings is 1. The van der Waals surface area contributed by atoms with E-state index < -0.39 is 0 Å². The van der Waals surface area contributed by atoms with E-state index in [-0.39, 0.29) is 18.2 Å². The summed E-state index contributed by atoms with van der Waals surface area (Å²) in [5, 5.41) is 10.0. The number of thioether (sulfide) groups is 1. The molecule has 1 aromatic heterocycles. The number of carbonyl (C=O) groups is 1. The number of nitriles is 1. The Balaban J connectivity index is 2.07. The summed E-state index contributed by atoms with van der Waals surface area (Å²) in [4.78, 5) is 17.9. The summed E-state index contributed by atoms with van der Waals surface area (Å²) in [7, 11) is 0. The van der Waals surface area contributed by atoms with Crippen molar-refractivity contribution < 1.29 is 4.79 Å². The minimum absolute atomic E-state index is 0.0133. The predicted octanol–water partition coefficient (Wildman–Crippen LogP) is 3.38. The third-order valence-corrected chi connectivity index (χ3v) is 4.06. The summed E-state index contributed by atoms with van der Waals surface area (Å²) >= 11 is 7.27. The number of hydrogen-bond donors (Lipinski definition) is 0. The number of aromatic nitrogens is 1. The molecule has 2 aromatic rings. The molecule has 0 aliphatic rings. The third-order valence-electron chi connectivity index (χ3n) is 2.65. The van der Waals surface area contributed by atoms with Gasteiger partial charge in [0.2, 0.25) is 5.91 Å². The van der Waals surface area contributed by atoms with Crippen LogP contribution in [-0.4, -0.2) is 23.2 Å². The van der Waals surface area contributed by atoms with Crippen molar-refractivity contribution in [2.75, 3.05) is 17.2 Å². The molecule has 106 valence electrons. The van der Waals surface area contributed by atoms with E-state index in [0.29, 0.717) is 15.7 Å². The van der Waals surface area contributed by atoms with Gasteiger partial charge in [-0.05, 0) is 24.3 Å². The van der Waals surface area contributed by atoms with E-state index in [1.165, 1.54) is 16.7 Å². The predicted molar refractivity (Wildman–Crippen MR) is 84.4 cm³/mol. The number of benzene rings is 1. The van der Waals surface area contributed by atoms with Crippen LogP contribution in [0, 0.1) is 11.3 Å². The zero-order valence-electron chi connectivity index (χ0n) is 11.1. The largest absolute Gasteiger partial charge is 0.298 e. The van der Waals surface area contributed by atoms with Crippen LogP contribution in [0.3, 0.4) is 0 Å². The quantitative estimate of drug-likeness (QED) is 0.626.